The van der Waals surface area contributed by atoms with Crippen LogP contribution >= 0.6 is 11.8 Å². The van der Waals surface area contributed by atoms with Gasteiger partial charge >= 0.3 is 0 Å². The van der Waals surface area contributed by atoms with Crippen LogP contribution in [0.5, 0.6) is 5.75 Å². The number of imidazole rings is 1. The van der Waals surface area contributed by atoms with Crippen molar-refractivity contribution in [2.24, 2.45) is 0 Å². The lowest BCUT2D eigenvalue weighted by Crippen LogP contribution is -2.24. The Bertz CT molecular complexity index is 885. The summed E-state index contributed by atoms with van der Waals surface area (Å²) in [6, 6.07) is 13.1. The number of nitrogens with zero attached hydrogens (tertiary/aromatic N) is 2. The van der Waals surface area contributed by atoms with E-state index in [-0.39, 0.29) is 11.1 Å². The summed E-state index contributed by atoms with van der Waals surface area (Å²) < 4.78 is 19.8. The van der Waals surface area contributed by atoms with E-state index >= 15 is 0 Å². The summed E-state index contributed by atoms with van der Waals surface area (Å²) in [5.41, 5.74) is 1.89. The normalized spacial score (nSPS) is 16.8. The molecule has 3 aromatic rings. The molecule has 0 aliphatic carbocycles. The maximum absolute atomic E-state index is 14.4. The molecule has 0 amide bonds. The van der Waals surface area contributed by atoms with E-state index in [0.717, 1.165) is 40.7 Å². The number of hydrogen-bond donors (Lipinski definition) is 1. The van der Waals surface area contributed by atoms with Crippen LogP contribution in [0, 0.1) is 5.82 Å². The Kier molecular flexibility index (Phi) is 4.84. The molecular formula is C20H20FN3OS. The maximum Gasteiger partial charge on any atom is 0.127 e. The molecule has 1 N–H and O–H groups in total. The quantitative estimate of drug-likeness (QED) is 0.717. The fraction of sp³-hybridized carbons (Fsp3) is 0.250. The first-order valence-corrected chi connectivity index (χ1v) is 9.45. The number of fused-ring (bicyclic) bond motifs is 1. The van der Waals surface area contributed by atoms with Crippen LogP contribution < -0.4 is 9.64 Å². The third-order valence-corrected chi connectivity index (χ3v) is 5.94. The number of ether oxygens (including phenoxy) is 1. The number of rotatable bonds is 4. The molecule has 0 spiro atoms. The minimum Gasteiger partial charge on any atom is -0.497 e. The average Bonchev–Trinajstić information content (AvgIpc) is 3.11. The summed E-state index contributed by atoms with van der Waals surface area (Å²) in [7, 11) is 1.66. The molecule has 0 fully saturated rings. The molecule has 4 nitrogen and oxygen atoms in total. The van der Waals surface area contributed by atoms with E-state index in [1.54, 1.807) is 31.1 Å². The van der Waals surface area contributed by atoms with Crippen molar-refractivity contribution < 1.29 is 9.13 Å². The van der Waals surface area contributed by atoms with Crippen LogP contribution in [0.2, 0.25) is 0 Å². The Morgan fingerprint density at radius 2 is 2.19 bits per heavy atom. The number of aromatic amines is 1. The summed E-state index contributed by atoms with van der Waals surface area (Å²) in [4.78, 5) is 10.9. The van der Waals surface area contributed by atoms with Gasteiger partial charge < -0.3 is 14.6 Å². The zero-order valence-electron chi connectivity index (χ0n) is 14.5. The van der Waals surface area contributed by atoms with E-state index in [1.165, 1.54) is 6.07 Å². The molecule has 0 bridgehead atoms. The van der Waals surface area contributed by atoms with Gasteiger partial charge in [0.15, 0.2) is 0 Å². The number of thioether (sulfide) groups is 1. The van der Waals surface area contributed by atoms with Crippen molar-refractivity contribution in [1.29, 1.82) is 0 Å². The lowest BCUT2D eigenvalue weighted by molar-refractivity contribution is 0.413. The van der Waals surface area contributed by atoms with E-state index in [0.29, 0.717) is 6.54 Å². The number of H-pyrrole nitrogens is 1. The molecule has 1 atom stereocenters. The molecule has 0 unspecified atom stereocenters. The first kappa shape index (κ1) is 17.0. The van der Waals surface area contributed by atoms with Gasteiger partial charge in [-0.25, -0.2) is 9.37 Å². The zero-order valence-corrected chi connectivity index (χ0v) is 15.3. The third kappa shape index (κ3) is 3.42. The summed E-state index contributed by atoms with van der Waals surface area (Å²) in [6.07, 6.45) is 4.45. The van der Waals surface area contributed by atoms with Crippen LogP contribution in [0.4, 0.5) is 10.1 Å². The Hall–Kier alpha value is -2.47. The molecule has 1 aliphatic rings. The first-order valence-electron chi connectivity index (χ1n) is 8.57. The molecule has 26 heavy (non-hydrogen) atoms. The third-order valence-electron chi connectivity index (χ3n) is 4.59. The smallest absolute Gasteiger partial charge is 0.127 e. The first-order chi connectivity index (χ1) is 12.7. The van der Waals surface area contributed by atoms with Crippen LogP contribution in [-0.2, 0) is 6.54 Å². The summed E-state index contributed by atoms with van der Waals surface area (Å²) in [5, 5.41) is 0.0589. The average molecular weight is 369 g/mol. The Labute approximate surface area is 156 Å². The predicted molar refractivity (Wildman–Crippen MR) is 102 cm³/mol. The fourth-order valence-electron chi connectivity index (χ4n) is 3.27. The molecule has 6 heteroatoms. The van der Waals surface area contributed by atoms with Crippen LogP contribution in [-0.4, -0.2) is 23.6 Å². The van der Waals surface area contributed by atoms with E-state index in [4.69, 9.17) is 4.74 Å². The van der Waals surface area contributed by atoms with Crippen LogP contribution in [0.25, 0.3) is 0 Å². The van der Waals surface area contributed by atoms with Gasteiger partial charge in [0.25, 0.3) is 0 Å². The van der Waals surface area contributed by atoms with Gasteiger partial charge in [-0.2, -0.15) is 0 Å². The number of benzene rings is 2. The summed E-state index contributed by atoms with van der Waals surface area (Å²) in [6.45, 7) is 1.52. The van der Waals surface area contributed by atoms with Crippen LogP contribution in [0.15, 0.2) is 59.8 Å². The second-order valence-electron chi connectivity index (χ2n) is 6.21. The lowest BCUT2D eigenvalue weighted by Gasteiger charge is -2.23. The van der Waals surface area contributed by atoms with Crippen molar-refractivity contribution in [3.63, 3.8) is 0 Å². The number of hydrogen-bond acceptors (Lipinski definition) is 4. The molecule has 2 aromatic carbocycles. The van der Waals surface area contributed by atoms with Gasteiger partial charge in [0, 0.05) is 34.6 Å². The van der Waals surface area contributed by atoms with Gasteiger partial charge in [-0.1, -0.05) is 18.2 Å². The number of anilines is 1. The van der Waals surface area contributed by atoms with Gasteiger partial charge in [0.1, 0.15) is 17.4 Å². The Morgan fingerprint density at radius 1 is 1.31 bits per heavy atom. The fourth-order valence-corrected chi connectivity index (χ4v) is 4.62. The monoisotopic (exact) mass is 369 g/mol. The van der Waals surface area contributed by atoms with E-state index in [9.17, 15) is 4.39 Å². The van der Waals surface area contributed by atoms with Crippen LogP contribution in [0.3, 0.4) is 0 Å². The van der Waals surface area contributed by atoms with E-state index < -0.39 is 0 Å². The van der Waals surface area contributed by atoms with Crippen molar-refractivity contribution in [2.45, 2.75) is 23.1 Å². The molecule has 0 saturated carbocycles. The molecule has 0 saturated heterocycles. The van der Waals surface area contributed by atoms with Gasteiger partial charge in [-0.15, -0.1) is 11.8 Å². The van der Waals surface area contributed by atoms with Crippen molar-refractivity contribution >= 4 is 17.4 Å². The molecule has 134 valence electrons. The SMILES string of the molecule is COc1ccc2c(c1)S[C@@H](c1ccccc1F)CCN2Cc1ncc[nH]1. The highest BCUT2D eigenvalue weighted by Gasteiger charge is 2.26. The van der Waals surface area contributed by atoms with Crippen molar-refractivity contribution in [3.05, 3.63) is 72.1 Å². The number of halogens is 1. The van der Waals surface area contributed by atoms with Crippen molar-refractivity contribution in [1.82, 2.24) is 9.97 Å². The molecule has 1 aliphatic heterocycles. The molecule has 0 radical (unpaired) electrons. The highest BCUT2D eigenvalue weighted by atomic mass is 32.2. The molecule has 1 aromatic heterocycles. The Morgan fingerprint density at radius 3 is 2.96 bits per heavy atom. The molecule has 2 heterocycles. The van der Waals surface area contributed by atoms with Crippen molar-refractivity contribution in [3.8, 4) is 5.75 Å². The van der Waals surface area contributed by atoms with Gasteiger partial charge in [-0.05, 0) is 30.7 Å². The second kappa shape index (κ2) is 7.41. The standard InChI is InChI=1S/C20H20FN3OS/c1-25-14-6-7-17-19(12-14)26-18(15-4-2-3-5-16(15)21)8-11-24(17)13-20-22-9-10-23-20/h2-7,9-10,12,18H,8,11,13H2,1H3,(H,22,23)/t18-/m1/s1. The lowest BCUT2D eigenvalue weighted by atomic mass is 10.1. The van der Waals surface area contributed by atoms with Crippen molar-refractivity contribution in [2.75, 3.05) is 18.6 Å². The van der Waals surface area contributed by atoms with E-state index in [1.807, 2.05) is 30.5 Å². The second-order valence-corrected chi connectivity index (χ2v) is 7.45. The number of nitrogens with one attached hydrogen (secondary N) is 1. The molecule has 4 rings (SSSR count). The molecular weight excluding hydrogens is 349 g/mol. The van der Waals surface area contributed by atoms with Crippen LogP contribution in [0.1, 0.15) is 23.1 Å². The highest BCUT2D eigenvalue weighted by molar-refractivity contribution is 7.99. The van der Waals surface area contributed by atoms with Gasteiger partial charge in [0.05, 0.1) is 19.3 Å². The van der Waals surface area contributed by atoms with E-state index in [2.05, 4.69) is 20.9 Å². The minimum absolute atomic E-state index is 0.0589. The summed E-state index contributed by atoms with van der Waals surface area (Å²) >= 11 is 1.70. The zero-order chi connectivity index (χ0) is 17.9. The van der Waals surface area contributed by atoms with Gasteiger partial charge in [0.2, 0.25) is 0 Å². The summed E-state index contributed by atoms with van der Waals surface area (Å²) in [5.74, 6) is 1.58. The topological polar surface area (TPSA) is 41.1 Å². The number of methoxy groups -OCH3 is 1. The predicted octanol–water partition coefficient (Wildman–Crippen LogP) is 4.80. The van der Waals surface area contributed by atoms with Gasteiger partial charge in [-0.3, -0.25) is 0 Å². The highest BCUT2D eigenvalue weighted by Crippen LogP contribution is 2.47. The minimum atomic E-state index is -0.145. The Balaban J connectivity index is 1.70. The largest absolute Gasteiger partial charge is 0.497 e. The maximum atomic E-state index is 14.4. The number of aromatic nitrogens is 2.